The van der Waals surface area contributed by atoms with Gasteiger partial charge in [0.25, 0.3) is 5.91 Å². The molecule has 0 atom stereocenters. The van der Waals surface area contributed by atoms with E-state index in [9.17, 15) is 9.59 Å². The summed E-state index contributed by atoms with van der Waals surface area (Å²) in [5.74, 6) is 0.201. The summed E-state index contributed by atoms with van der Waals surface area (Å²) in [4.78, 5) is 29.1. The largest absolute Gasteiger partial charge is 0.444 e. The van der Waals surface area contributed by atoms with Gasteiger partial charge in [0.05, 0.1) is 18.3 Å². The highest BCUT2D eigenvalue weighted by Gasteiger charge is 2.18. The molecule has 8 heteroatoms. The number of nitrogens with zero attached hydrogens (tertiary/aromatic N) is 3. The standard InChI is InChI=1S/C25H31N5O3/c1-16-7-9-19(10-8-16)14-30-15-20(12-27-30)23(31)26-13-21-17(2)11-22(28-18(21)3)29-24(32)33-25(4,5)6/h7-12,15H,13-14H2,1-6H3,(H,26,31)(H,28,29,32). The van der Waals surface area contributed by atoms with E-state index in [1.54, 1.807) is 43.9 Å². The van der Waals surface area contributed by atoms with Crippen LogP contribution in [0, 0.1) is 20.8 Å². The summed E-state index contributed by atoms with van der Waals surface area (Å²) in [5.41, 5.74) is 4.74. The predicted molar refractivity (Wildman–Crippen MR) is 127 cm³/mol. The third-order valence-electron chi connectivity index (χ3n) is 4.97. The van der Waals surface area contributed by atoms with Gasteiger partial charge in [0, 0.05) is 18.4 Å². The summed E-state index contributed by atoms with van der Waals surface area (Å²) in [7, 11) is 0. The van der Waals surface area contributed by atoms with E-state index in [0.717, 1.165) is 22.4 Å². The lowest BCUT2D eigenvalue weighted by Crippen LogP contribution is -2.28. The van der Waals surface area contributed by atoms with Gasteiger partial charge >= 0.3 is 6.09 Å². The molecular formula is C25H31N5O3. The Balaban J connectivity index is 1.60. The maximum absolute atomic E-state index is 12.6. The smallest absolute Gasteiger partial charge is 0.413 e. The molecule has 2 aromatic heterocycles. The number of carbonyl (C=O) groups excluding carboxylic acids is 2. The Morgan fingerprint density at radius 3 is 2.42 bits per heavy atom. The van der Waals surface area contributed by atoms with Crippen LogP contribution in [0.5, 0.6) is 0 Å². The van der Waals surface area contributed by atoms with Crippen LogP contribution in [0.4, 0.5) is 10.6 Å². The number of aryl methyl sites for hydroxylation is 3. The molecule has 174 valence electrons. The molecule has 0 unspecified atom stereocenters. The van der Waals surface area contributed by atoms with Crippen molar-refractivity contribution in [1.29, 1.82) is 0 Å². The summed E-state index contributed by atoms with van der Waals surface area (Å²) >= 11 is 0. The Hall–Kier alpha value is -3.68. The molecule has 0 bridgehead atoms. The van der Waals surface area contributed by atoms with Crippen LogP contribution < -0.4 is 10.6 Å². The molecule has 0 aliphatic heterocycles. The van der Waals surface area contributed by atoms with Gasteiger partial charge in [-0.05, 0) is 64.3 Å². The van der Waals surface area contributed by atoms with Crippen molar-refractivity contribution in [2.75, 3.05) is 5.32 Å². The molecule has 33 heavy (non-hydrogen) atoms. The molecular weight excluding hydrogens is 418 g/mol. The van der Waals surface area contributed by atoms with Crippen molar-refractivity contribution in [3.63, 3.8) is 0 Å². The summed E-state index contributed by atoms with van der Waals surface area (Å²) in [6, 6.07) is 9.98. The van der Waals surface area contributed by atoms with E-state index in [4.69, 9.17) is 4.74 Å². The van der Waals surface area contributed by atoms with E-state index in [1.807, 2.05) is 20.8 Å². The quantitative estimate of drug-likeness (QED) is 0.576. The lowest BCUT2D eigenvalue weighted by atomic mass is 10.1. The van der Waals surface area contributed by atoms with Crippen LogP contribution in [0.1, 0.15) is 59.1 Å². The van der Waals surface area contributed by atoms with E-state index >= 15 is 0 Å². The molecule has 2 heterocycles. The van der Waals surface area contributed by atoms with Crippen molar-refractivity contribution in [3.05, 3.63) is 76.2 Å². The van der Waals surface area contributed by atoms with Gasteiger partial charge < -0.3 is 10.1 Å². The fourth-order valence-electron chi connectivity index (χ4n) is 3.32. The minimum absolute atomic E-state index is 0.208. The fourth-order valence-corrected chi connectivity index (χ4v) is 3.32. The molecule has 0 fully saturated rings. The minimum Gasteiger partial charge on any atom is -0.444 e. The Morgan fingerprint density at radius 2 is 1.79 bits per heavy atom. The molecule has 0 radical (unpaired) electrons. The number of carbonyl (C=O) groups is 2. The zero-order valence-corrected chi connectivity index (χ0v) is 20.0. The number of amides is 2. The van der Waals surface area contributed by atoms with Crippen LogP contribution >= 0.6 is 0 Å². The van der Waals surface area contributed by atoms with E-state index in [1.165, 1.54) is 5.56 Å². The Kier molecular flexibility index (Phi) is 7.16. The van der Waals surface area contributed by atoms with Gasteiger partial charge in [-0.3, -0.25) is 14.8 Å². The Bertz CT molecular complexity index is 1120. The van der Waals surface area contributed by atoms with E-state index in [2.05, 4.69) is 45.0 Å². The van der Waals surface area contributed by atoms with E-state index in [0.29, 0.717) is 24.5 Å². The monoisotopic (exact) mass is 449 g/mol. The van der Waals surface area contributed by atoms with Crippen LogP contribution in [0.3, 0.4) is 0 Å². The number of pyridine rings is 1. The molecule has 3 aromatic rings. The van der Waals surface area contributed by atoms with Gasteiger partial charge in [-0.2, -0.15) is 5.10 Å². The number of hydrogen-bond acceptors (Lipinski definition) is 5. The van der Waals surface area contributed by atoms with Gasteiger partial charge in [-0.1, -0.05) is 29.8 Å². The highest BCUT2D eigenvalue weighted by atomic mass is 16.6. The summed E-state index contributed by atoms with van der Waals surface area (Å²) in [6.07, 6.45) is 2.74. The average Bonchev–Trinajstić information content (AvgIpc) is 3.16. The molecule has 2 N–H and O–H groups in total. The first-order valence-electron chi connectivity index (χ1n) is 10.8. The van der Waals surface area contributed by atoms with Crippen LogP contribution in [0.15, 0.2) is 42.7 Å². The van der Waals surface area contributed by atoms with Gasteiger partial charge in [0.2, 0.25) is 0 Å². The average molecular weight is 450 g/mol. The van der Waals surface area contributed by atoms with E-state index < -0.39 is 11.7 Å². The fraction of sp³-hybridized carbons (Fsp3) is 0.360. The highest BCUT2D eigenvalue weighted by Crippen LogP contribution is 2.18. The zero-order chi connectivity index (χ0) is 24.2. The van der Waals surface area contributed by atoms with Crippen molar-refractivity contribution in [1.82, 2.24) is 20.1 Å². The maximum atomic E-state index is 12.6. The van der Waals surface area contributed by atoms with E-state index in [-0.39, 0.29) is 5.91 Å². The number of benzene rings is 1. The molecule has 0 aliphatic carbocycles. The van der Waals surface area contributed by atoms with Crippen LogP contribution in [-0.2, 0) is 17.8 Å². The zero-order valence-electron chi connectivity index (χ0n) is 20.0. The van der Waals surface area contributed by atoms with Crippen molar-refractivity contribution in [3.8, 4) is 0 Å². The first-order valence-corrected chi connectivity index (χ1v) is 10.8. The first kappa shape index (κ1) is 24.0. The Morgan fingerprint density at radius 1 is 1.09 bits per heavy atom. The number of anilines is 1. The first-order chi connectivity index (χ1) is 15.5. The third kappa shape index (κ3) is 6.90. The predicted octanol–water partition coefficient (Wildman–Crippen LogP) is 4.53. The van der Waals surface area contributed by atoms with Crippen LogP contribution in [-0.4, -0.2) is 32.4 Å². The highest BCUT2D eigenvalue weighted by molar-refractivity contribution is 5.93. The molecule has 0 saturated carbocycles. The van der Waals surface area contributed by atoms with Gasteiger partial charge in [-0.15, -0.1) is 0 Å². The molecule has 8 nitrogen and oxygen atoms in total. The normalized spacial score (nSPS) is 11.2. The van der Waals surface area contributed by atoms with Gasteiger partial charge in [0.15, 0.2) is 0 Å². The lowest BCUT2D eigenvalue weighted by Gasteiger charge is -2.20. The second-order valence-corrected chi connectivity index (χ2v) is 9.11. The second-order valence-electron chi connectivity index (χ2n) is 9.11. The molecule has 3 rings (SSSR count). The van der Waals surface area contributed by atoms with Crippen LogP contribution in [0.25, 0.3) is 0 Å². The SMILES string of the molecule is Cc1ccc(Cn2cc(C(=O)NCc3c(C)cc(NC(=O)OC(C)(C)C)nc3C)cn2)cc1. The molecule has 1 aromatic carbocycles. The third-order valence-corrected chi connectivity index (χ3v) is 4.97. The second kappa shape index (κ2) is 9.85. The van der Waals surface area contributed by atoms with Gasteiger partial charge in [0.1, 0.15) is 11.4 Å². The number of rotatable bonds is 6. The number of ether oxygens (including phenoxy) is 1. The number of hydrogen-bond donors (Lipinski definition) is 2. The van der Waals surface area contributed by atoms with Crippen molar-refractivity contribution < 1.29 is 14.3 Å². The molecule has 0 spiro atoms. The van der Waals surface area contributed by atoms with Crippen molar-refractivity contribution in [2.45, 2.75) is 60.2 Å². The minimum atomic E-state index is -0.591. The molecule has 0 saturated heterocycles. The summed E-state index contributed by atoms with van der Waals surface area (Å²) in [6.45, 7) is 12.1. The number of nitrogens with one attached hydrogen (secondary N) is 2. The van der Waals surface area contributed by atoms with Crippen LogP contribution in [0.2, 0.25) is 0 Å². The molecule has 0 aliphatic rings. The topological polar surface area (TPSA) is 98.1 Å². The number of aromatic nitrogens is 3. The Labute approximate surface area is 194 Å². The lowest BCUT2D eigenvalue weighted by molar-refractivity contribution is 0.0635. The molecule has 2 amide bonds. The summed E-state index contributed by atoms with van der Waals surface area (Å²) < 4.78 is 7.01. The maximum Gasteiger partial charge on any atom is 0.413 e. The van der Waals surface area contributed by atoms with Crippen molar-refractivity contribution in [2.24, 2.45) is 0 Å². The van der Waals surface area contributed by atoms with Crippen molar-refractivity contribution >= 4 is 17.8 Å². The van der Waals surface area contributed by atoms with Gasteiger partial charge in [-0.25, -0.2) is 9.78 Å². The summed E-state index contributed by atoms with van der Waals surface area (Å²) in [5, 5.41) is 9.88.